The molecule has 1 aromatic carbocycles. The molecule has 0 unspecified atom stereocenters. The number of aromatic nitrogens is 1. The highest BCUT2D eigenvalue weighted by Gasteiger charge is 2.02. The molecule has 5 heteroatoms. The van der Waals surface area contributed by atoms with Gasteiger partial charge in [0.25, 0.3) is 5.91 Å². The highest BCUT2D eigenvalue weighted by Crippen LogP contribution is 2.02. The molecule has 0 aliphatic rings. The van der Waals surface area contributed by atoms with E-state index in [9.17, 15) is 9.59 Å². The molecule has 0 spiro atoms. The van der Waals surface area contributed by atoms with E-state index in [-0.39, 0.29) is 12.5 Å². The molecule has 104 valence electrons. The van der Waals surface area contributed by atoms with Crippen molar-refractivity contribution < 1.29 is 9.59 Å². The molecule has 3 N–H and O–H groups in total. The van der Waals surface area contributed by atoms with E-state index in [4.69, 9.17) is 5.73 Å². The highest BCUT2D eigenvalue weighted by atomic mass is 16.2. The fourth-order valence-corrected chi connectivity index (χ4v) is 1.59. The molecule has 0 radical (unpaired) electrons. The van der Waals surface area contributed by atoms with Crippen molar-refractivity contribution >= 4 is 11.8 Å². The lowest BCUT2D eigenvalue weighted by Gasteiger charge is -1.99. The molecule has 0 fully saturated rings. The first kappa shape index (κ1) is 14.3. The third-order valence-corrected chi connectivity index (χ3v) is 2.66. The maximum atomic E-state index is 11.7. The zero-order valence-electron chi connectivity index (χ0n) is 11.2. The lowest BCUT2D eigenvalue weighted by atomic mass is 10.1. The van der Waals surface area contributed by atoms with Gasteiger partial charge in [0.1, 0.15) is 0 Å². The molecule has 21 heavy (non-hydrogen) atoms. The largest absolute Gasteiger partial charge is 0.366 e. The lowest BCUT2D eigenvalue weighted by Crippen LogP contribution is -2.23. The number of amides is 2. The van der Waals surface area contributed by atoms with Gasteiger partial charge in [-0.3, -0.25) is 14.6 Å². The van der Waals surface area contributed by atoms with E-state index in [0.717, 1.165) is 5.56 Å². The summed E-state index contributed by atoms with van der Waals surface area (Å²) < 4.78 is 0. The summed E-state index contributed by atoms with van der Waals surface area (Å²) in [5.74, 6) is 5.02. The summed E-state index contributed by atoms with van der Waals surface area (Å²) in [6.45, 7) is 0.227. The summed E-state index contributed by atoms with van der Waals surface area (Å²) in [7, 11) is 0. The smallest absolute Gasteiger partial charge is 0.253 e. The van der Waals surface area contributed by atoms with Gasteiger partial charge in [0.15, 0.2) is 0 Å². The minimum Gasteiger partial charge on any atom is -0.366 e. The Labute approximate surface area is 122 Å². The zero-order chi connectivity index (χ0) is 15.1. The number of rotatable bonds is 3. The van der Waals surface area contributed by atoms with Crippen LogP contribution in [0, 0.1) is 11.8 Å². The fourth-order valence-electron chi connectivity index (χ4n) is 1.59. The summed E-state index contributed by atoms with van der Waals surface area (Å²) in [6, 6.07) is 10.0. The Morgan fingerprint density at radius 2 is 1.90 bits per heavy atom. The third kappa shape index (κ3) is 4.18. The van der Waals surface area contributed by atoms with Crippen molar-refractivity contribution in [3.8, 4) is 11.8 Å². The predicted molar refractivity (Wildman–Crippen MR) is 78.4 cm³/mol. The van der Waals surface area contributed by atoms with E-state index < -0.39 is 5.91 Å². The third-order valence-electron chi connectivity index (χ3n) is 2.66. The van der Waals surface area contributed by atoms with Crippen LogP contribution >= 0.6 is 0 Å². The van der Waals surface area contributed by atoms with E-state index in [0.29, 0.717) is 11.1 Å². The van der Waals surface area contributed by atoms with Gasteiger partial charge in [0, 0.05) is 23.5 Å². The van der Waals surface area contributed by atoms with E-state index in [1.807, 2.05) is 0 Å². The minimum absolute atomic E-state index is 0.221. The molecule has 0 saturated carbocycles. The number of carbonyl (C=O) groups excluding carboxylic acids is 2. The van der Waals surface area contributed by atoms with E-state index in [2.05, 4.69) is 22.1 Å². The lowest BCUT2D eigenvalue weighted by molar-refractivity contribution is 0.0956. The zero-order valence-corrected chi connectivity index (χ0v) is 11.2. The first-order chi connectivity index (χ1) is 10.2. The molecule has 0 bridgehead atoms. The van der Waals surface area contributed by atoms with Crippen LogP contribution < -0.4 is 11.1 Å². The normalized spacial score (nSPS) is 9.33. The van der Waals surface area contributed by atoms with E-state index in [1.54, 1.807) is 42.6 Å². The number of nitrogens with one attached hydrogen (secondary N) is 1. The number of hydrogen-bond donors (Lipinski definition) is 2. The van der Waals surface area contributed by atoms with Crippen molar-refractivity contribution in [3.63, 3.8) is 0 Å². The van der Waals surface area contributed by atoms with Crippen molar-refractivity contribution in [1.29, 1.82) is 0 Å². The van der Waals surface area contributed by atoms with Crippen molar-refractivity contribution in [3.05, 3.63) is 65.5 Å². The van der Waals surface area contributed by atoms with Gasteiger partial charge < -0.3 is 11.1 Å². The van der Waals surface area contributed by atoms with Crippen LogP contribution in [-0.2, 0) is 0 Å². The van der Waals surface area contributed by atoms with Crippen LogP contribution in [0.4, 0.5) is 0 Å². The summed E-state index contributed by atoms with van der Waals surface area (Å²) in [4.78, 5) is 26.5. The van der Waals surface area contributed by atoms with Crippen molar-refractivity contribution in [2.45, 2.75) is 0 Å². The summed E-state index contributed by atoms with van der Waals surface area (Å²) in [6.07, 6.45) is 3.09. The van der Waals surface area contributed by atoms with E-state index in [1.165, 1.54) is 6.20 Å². The number of hydrogen-bond acceptors (Lipinski definition) is 3. The molecule has 2 amide bonds. The van der Waals surface area contributed by atoms with Crippen LogP contribution in [0.1, 0.15) is 26.3 Å². The second-order valence-electron chi connectivity index (χ2n) is 4.17. The van der Waals surface area contributed by atoms with Crippen LogP contribution in [0.2, 0.25) is 0 Å². The van der Waals surface area contributed by atoms with Crippen LogP contribution in [0.25, 0.3) is 0 Å². The molecule has 1 heterocycles. The highest BCUT2D eigenvalue weighted by molar-refractivity contribution is 5.94. The number of nitrogens with two attached hydrogens (primary N) is 1. The van der Waals surface area contributed by atoms with Gasteiger partial charge in [0.05, 0.1) is 12.1 Å². The Hall–Kier alpha value is -3.13. The summed E-state index contributed by atoms with van der Waals surface area (Å²) in [5, 5.41) is 2.67. The maximum absolute atomic E-state index is 11.7. The number of pyridine rings is 1. The quantitative estimate of drug-likeness (QED) is 0.821. The van der Waals surface area contributed by atoms with Gasteiger partial charge in [0.2, 0.25) is 5.91 Å². The Kier molecular flexibility index (Phi) is 4.67. The van der Waals surface area contributed by atoms with Crippen molar-refractivity contribution in [1.82, 2.24) is 10.3 Å². The Bertz CT molecular complexity index is 698. The number of benzene rings is 1. The standard InChI is InChI=1S/C16H13N3O2/c17-15(20)13-7-5-12(6-8-13)3-1-10-19-16(21)14-4-2-9-18-11-14/h2,4-9,11H,10H2,(H2,17,20)(H,19,21). The molecular formula is C16H13N3O2. The Morgan fingerprint density at radius 1 is 1.14 bits per heavy atom. The molecule has 5 nitrogen and oxygen atoms in total. The predicted octanol–water partition coefficient (Wildman–Crippen LogP) is 0.962. The van der Waals surface area contributed by atoms with Gasteiger partial charge in [-0.15, -0.1) is 0 Å². The van der Waals surface area contributed by atoms with Gasteiger partial charge in [-0.25, -0.2) is 0 Å². The Morgan fingerprint density at radius 3 is 2.52 bits per heavy atom. The first-order valence-corrected chi connectivity index (χ1v) is 6.24. The number of nitrogens with zero attached hydrogens (tertiary/aromatic N) is 1. The van der Waals surface area contributed by atoms with Crippen LogP contribution in [0.15, 0.2) is 48.8 Å². The van der Waals surface area contributed by atoms with Crippen molar-refractivity contribution in [2.24, 2.45) is 5.73 Å². The van der Waals surface area contributed by atoms with Crippen LogP contribution in [0.5, 0.6) is 0 Å². The molecule has 1 aromatic heterocycles. The van der Waals surface area contributed by atoms with Gasteiger partial charge in [-0.05, 0) is 36.4 Å². The number of carbonyl (C=O) groups is 2. The van der Waals surface area contributed by atoms with E-state index >= 15 is 0 Å². The topological polar surface area (TPSA) is 85.1 Å². The summed E-state index contributed by atoms with van der Waals surface area (Å²) >= 11 is 0. The average Bonchev–Trinajstić information content (AvgIpc) is 2.52. The molecule has 0 aliphatic heterocycles. The van der Waals surface area contributed by atoms with Crippen LogP contribution in [0.3, 0.4) is 0 Å². The Balaban J connectivity index is 1.89. The second kappa shape index (κ2) is 6.87. The van der Waals surface area contributed by atoms with Gasteiger partial charge in [-0.2, -0.15) is 0 Å². The molecule has 0 atom stereocenters. The molecule has 0 saturated heterocycles. The molecular weight excluding hydrogens is 266 g/mol. The van der Waals surface area contributed by atoms with Gasteiger partial charge in [-0.1, -0.05) is 11.8 Å². The van der Waals surface area contributed by atoms with Crippen LogP contribution in [-0.4, -0.2) is 23.3 Å². The van der Waals surface area contributed by atoms with Crippen molar-refractivity contribution in [2.75, 3.05) is 6.54 Å². The maximum Gasteiger partial charge on any atom is 0.253 e. The molecule has 2 rings (SSSR count). The summed E-state index contributed by atoms with van der Waals surface area (Å²) in [5.41, 5.74) is 6.82. The SMILES string of the molecule is NC(=O)c1ccc(C#CCNC(=O)c2cccnc2)cc1. The second-order valence-corrected chi connectivity index (χ2v) is 4.17. The monoisotopic (exact) mass is 279 g/mol. The number of primary amides is 1. The average molecular weight is 279 g/mol. The minimum atomic E-state index is -0.474. The molecule has 2 aromatic rings. The molecule has 0 aliphatic carbocycles. The fraction of sp³-hybridized carbons (Fsp3) is 0.0625. The van der Waals surface area contributed by atoms with Gasteiger partial charge >= 0.3 is 0 Å². The first-order valence-electron chi connectivity index (χ1n) is 6.24.